The second-order valence-corrected chi connectivity index (χ2v) is 5.30. The van der Waals surface area contributed by atoms with Gasteiger partial charge in [-0.25, -0.2) is 9.48 Å². The third kappa shape index (κ3) is 2.09. The van der Waals surface area contributed by atoms with Crippen LogP contribution >= 0.6 is 0 Å². The number of nitrogens with one attached hydrogen (secondary N) is 1. The Bertz CT molecular complexity index is 448. The number of aryl methyl sites for hydroxylation is 2. The summed E-state index contributed by atoms with van der Waals surface area (Å²) < 4.78 is 1.94. The average Bonchev–Trinajstić information content (AvgIpc) is 2.95. The summed E-state index contributed by atoms with van der Waals surface area (Å²) in [4.78, 5) is 14.1. The molecule has 1 aromatic heterocycles. The van der Waals surface area contributed by atoms with E-state index >= 15 is 0 Å². The molecule has 1 aliphatic carbocycles. The molecule has 0 radical (unpaired) electrons. The van der Waals surface area contributed by atoms with Crippen molar-refractivity contribution in [2.45, 2.75) is 51.6 Å². The summed E-state index contributed by atoms with van der Waals surface area (Å²) in [5.74, 6) is 0.939. The highest BCUT2D eigenvalue weighted by molar-refractivity contribution is 5.91. The molecular formula is C13H20N4O. The molecule has 0 atom stereocenters. The molecule has 1 aliphatic heterocycles. The van der Waals surface area contributed by atoms with Gasteiger partial charge in [0.1, 0.15) is 5.82 Å². The van der Waals surface area contributed by atoms with Crippen LogP contribution in [0.5, 0.6) is 0 Å². The first-order chi connectivity index (χ1) is 8.74. The van der Waals surface area contributed by atoms with Crippen LogP contribution in [-0.2, 0) is 6.54 Å². The molecule has 98 valence electrons. The number of amides is 2. The fourth-order valence-corrected chi connectivity index (χ4v) is 2.94. The topological polar surface area (TPSA) is 50.2 Å². The predicted molar refractivity (Wildman–Crippen MR) is 69.7 cm³/mol. The molecule has 0 spiro atoms. The molecule has 18 heavy (non-hydrogen) atoms. The molecule has 0 unspecified atom stereocenters. The lowest BCUT2D eigenvalue weighted by Gasteiger charge is -2.28. The molecule has 3 rings (SSSR count). The van der Waals surface area contributed by atoms with E-state index in [4.69, 9.17) is 0 Å². The third-order valence-corrected chi connectivity index (χ3v) is 3.84. The van der Waals surface area contributed by atoms with Crippen molar-refractivity contribution in [3.8, 4) is 0 Å². The number of urea groups is 1. The molecule has 2 heterocycles. The van der Waals surface area contributed by atoms with Gasteiger partial charge in [0.25, 0.3) is 0 Å². The van der Waals surface area contributed by atoms with Crippen molar-refractivity contribution in [2.24, 2.45) is 0 Å². The van der Waals surface area contributed by atoms with Crippen LogP contribution in [0.3, 0.4) is 0 Å². The predicted octanol–water partition coefficient (Wildman–Crippen LogP) is 2.05. The summed E-state index contributed by atoms with van der Waals surface area (Å²) in [6.45, 7) is 3.68. The SMILES string of the molecule is Cc1cc2n(n1)CCCN2C(=O)NC1CCCC1. The zero-order valence-corrected chi connectivity index (χ0v) is 10.9. The second-order valence-electron chi connectivity index (χ2n) is 5.30. The molecular weight excluding hydrogens is 228 g/mol. The summed E-state index contributed by atoms with van der Waals surface area (Å²) in [7, 11) is 0. The number of nitrogens with zero attached hydrogens (tertiary/aromatic N) is 3. The standard InChI is InChI=1S/C13H20N4O/c1-10-9-12-16(7-4-8-17(12)15-10)13(18)14-11-5-2-3-6-11/h9,11H,2-8H2,1H3,(H,14,18). The number of hydrogen-bond acceptors (Lipinski definition) is 2. The van der Waals surface area contributed by atoms with Gasteiger partial charge in [0.2, 0.25) is 0 Å². The van der Waals surface area contributed by atoms with Crippen molar-refractivity contribution in [3.05, 3.63) is 11.8 Å². The van der Waals surface area contributed by atoms with Gasteiger partial charge in [0, 0.05) is 25.2 Å². The van der Waals surface area contributed by atoms with Gasteiger partial charge in [-0.15, -0.1) is 0 Å². The Balaban J connectivity index is 1.74. The highest BCUT2D eigenvalue weighted by Gasteiger charge is 2.26. The van der Waals surface area contributed by atoms with Crippen molar-refractivity contribution in [2.75, 3.05) is 11.4 Å². The normalized spacial score (nSPS) is 19.9. The molecule has 5 heteroatoms. The van der Waals surface area contributed by atoms with E-state index in [1.807, 2.05) is 22.6 Å². The van der Waals surface area contributed by atoms with Crippen molar-refractivity contribution >= 4 is 11.8 Å². The van der Waals surface area contributed by atoms with E-state index < -0.39 is 0 Å². The maximum Gasteiger partial charge on any atom is 0.323 e. The summed E-state index contributed by atoms with van der Waals surface area (Å²) >= 11 is 0. The summed E-state index contributed by atoms with van der Waals surface area (Å²) in [5, 5.41) is 7.56. The third-order valence-electron chi connectivity index (χ3n) is 3.84. The largest absolute Gasteiger partial charge is 0.335 e. The van der Waals surface area contributed by atoms with Gasteiger partial charge in [-0.05, 0) is 26.2 Å². The minimum atomic E-state index is 0.0442. The zero-order valence-electron chi connectivity index (χ0n) is 10.9. The van der Waals surface area contributed by atoms with E-state index in [1.165, 1.54) is 12.8 Å². The quantitative estimate of drug-likeness (QED) is 0.827. The Kier molecular flexibility index (Phi) is 2.97. The molecule has 1 fully saturated rings. The van der Waals surface area contributed by atoms with Crippen LogP contribution < -0.4 is 10.2 Å². The summed E-state index contributed by atoms with van der Waals surface area (Å²) in [6.07, 6.45) is 5.70. The Morgan fingerprint density at radius 3 is 2.89 bits per heavy atom. The fraction of sp³-hybridized carbons (Fsp3) is 0.692. The van der Waals surface area contributed by atoms with E-state index in [0.717, 1.165) is 43.9 Å². The molecule has 1 N–H and O–H groups in total. The van der Waals surface area contributed by atoms with Crippen LogP contribution in [0.15, 0.2) is 6.07 Å². The lowest BCUT2D eigenvalue weighted by Crippen LogP contribution is -2.47. The minimum Gasteiger partial charge on any atom is -0.335 e. The van der Waals surface area contributed by atoms with E-state index in [0.29, 0.717) is 6.04 Å². The zero-order chi connectivity index (χ0) is 12.5. The van der Waals surface area contributed by atoms with Gasteiger partial charge >= 0.3 is 6.03 Å². The monoisotopic (exact) mass is 248 g/mol. The van der Waals surface area contributed by atoms with E-state index in [9.17, 15) is 4.79 Å². The molecule has 0 bridgehead atoms. The lowest BCUT2D eigenvalue weighted by atomic mass is 10.2. The maximum absolute atomic E-state index is 12.3. The van der Waals surface area contributed by atoms with Crippen molar-refractivity contribution in [1.29, 1.82) is 0 Å². The minimum absolute atomic E-state index is 0.0442. The highest BCUT2D eigenvalue weighted by atomic mass is 16.2. The van der Waals surface area contributed by atoms with Gasteiger partial charge in [0.05, 0.1) is 5.69 Å². The first kappa shape index (κ1) is 11.6. The van der Waals surface area contributed by atoms with Gasteiger partial charge in [0.15, 0.2) is 0 Å². The Morgan fingerprint density at radius 2 is 2.11 bits per heavy atom. The molecule has 1 saturated carbocycles. The Labute approximate surface area is 107 Å². The molecule has 5 nitrogen and oxygen atoms in total. The van der Waals surface area contributed by atoms with E-state index in [1.54, 1.807) is 0 Å². The van der Waals surface area contributed by atoms with Crippen LogP contribution in [0.2, 0.25) is 0 Å². The summed E-state index contributed by atoms with van der Waals surface area (Å²) in [6, 6.07) is 2.41. The first-order valence-corrected chi connectivity index (χ1v) is 6.86. The second kappa shape index (κ2) is 4.63. The maximum atomic E-state index is 12.3. The number of aromatic nitrogens is 2. The van der Waals surface area contributed by atoms with E-state index in [-0.39, 0.29) is 6.03 Å². The highest BCUT2D eigenvalue weighted by Crippen LogP contribution is 2.23. The first-order valence-electron chi connectivity index (χ1n) is 6.86. The van der Waals surface area contributed by atoms with Crippen LogP contribution in [0.4, 0.5) is 10.6 Å². The molecule has 0 saturated heterocycles. The Hall–Kier alpha value is -1.52. The fourth-order valence-electron chi connectivity index (χ4n) is 2.94. The van der Waals surface area contributed by atoms with Crippen molar-refractivity contribution in [1.82, 2.24) is 15.1 Å². The van der Waals surface area contributed by atoms with Gasteiger partial charge < -0.3 is 5.32 Å². The number of fused-ring (bicyclic) bond motifs is 1. The average molecular weight is 248 g/mol. The van der Waals surface area contributed by atoms with Crippen LogP contribution in [0, 0.1) is 6.92 Å². The van der Waals surface area contributed by atoms with E-state index in [2.05, 4.69) is 10.4 Å². The van der Waals surface area contributed by atoms with Gasteiger partial charge in [-0.3, -0.25) is 4.90 Å². The van der Waals surface area contributed by atoms with Crippen molar-refractivity contribution in [3.63, 3.8) is 0 Å². The molecule has 2 aliphatic rings. The Morgan fingerprint density at radius 1 is 1.33 bits per heavy atom. The number of anilines is 1. The summed E-state index contributed by atoms with van der Waals surface area (Å²) in [5.41, 5.74) is 0.977. The molecule has 1 aromatic rings. The number of carbonyl (C=O) groups is 1. The van der Waals surface area contributed by atoms with Crippen LogP contribution in [0.1, 0.15) is 37.8 Å². The lowest BCUT2D eigenvalue weighted by molar-refractivity contribution is 0.241. The van der Waals surface area contributed by atoms with Crippen molar-refractivity contribution < 1.29 is 4.79 Å². The van der Waals surface area contributed by atoms with Crippen LogP contribution in [0.25, 0.3) is 0 Å². The van der Waals surface area contributed by atoms with Gasteiger partial charge in [-0.1, -0.05) is 12.8 Å². The smallest absolute Gasteiger partial charge is 0.323 e. The van der Waals surface area contributed by atoms with Gasteiger partial charge in [-0.2, -0.15) is 5.10 Å². The molecule has 2 amide bonds. The molecule has 0 aromatic carbocycles. The number of hydrogen-bond donors (Lipinski definition) is 1. The number of carbonyl (C=O) groups excluding carboxylic acids is 1. The van der Waals surface area contributed by atoms with Crippen LogP contribution in [-0.4, -0.2) is 28.4 Å². The number of rotatable bonds is 1.